The van der Waals surface area contributed by atoms with Gasteiger partial charge in [0.15, 0.2) is 11.5 Å². The van der Waals surface area contributed by atoms with E-state index in [0.717, 1.165) is 31.7 Å². The number of benzene rings is 1. The quantitative estimate of drug-likeness (QED) is 0.771. The summed E-state index contributed by atoms with van der Waals surface area (Å²) in [5, 5.41) is 2.92. The lowest BCUT2D eigenvalue weighted by atomic mass is 10.1. The van der Waals surface area contributed by atoms with E-state index in [0.29, 0.717) is 22.7 Å². The Labute approximate surface area is 172 Å². The van der Waals surface area contributed by atoms with Crippen molar-refractivity contribution in [3.8, 4) is 11.5 Å². The van der Waals surface area contributed by atoms with Crippen molar-refractivity contribution in [1.29, 1.82) is 0 Å². The molecule has 1 aromatic carbocycles. The van der Waals surface area contributed by atoms with Crippen LogP contribution in [0.4, 0.5) is 11.5 Å². The van der Waals surface area contributed by atoms with Crippen LogP contribution in [0, 0.1) is 0 Å². The number of aromatic nitrogens is 1. The number of methoxy groups -OCH3 is 1. The maximum absolute atomic E-state index is 12.7. The summed E-state index contributed by atoms with van der Waals surface area (Å²) in [6, 6.07) is 9.21. The Morgan fingerprint density at radius 1 is 1.03 bits per heavy atom. The van der Waals surface area contributed by atoms with Gasteiger partial charge in [-0.05, 0) is 75.3 Å². The number of rotatable bonds is 6. The third-order valence-corrected chi connectivity index (χ3v) is 5.71. The molecule has 2 fully saturated rings. The molecule has 2 heterocycles. The molecule has 1 N–H and O–H groups in total. The second-order valence-corrected chi connectivity index (χ2v) is 7.80. The third-order valence-electron chi connectivity index (χ3n) is 5.71. The molecule has 2 aromatic rings. The van der Waals surface area contributed by atoms with Gasteiger partial charge in [0.25, 0.3) is 5.91 Å². The Bertz CT molecular complexity index is 826. The molecule has 4 rings (SSSR count). The Balaban J connectivity index is 1.40. The number of amides is 1. The summed E-state index contributed by atoms with van der Waals surface area (Å²) in [5.74, 6) is 2.06. The van der Waals surface area contributed by atoms with E-state index >= 15 is 0 Å². The maximum Gasteiger partial charge on any atom is 0.255 e. The predicted octanol–water partition coefficient (Wildman–Crippen LogP) is 4.65. The van der Waals surface area contributed by atoms with Crippen LogP contribution in [0.1, 0.15) is 55.3 Å². The number of piperidine rings is 1. The van der Waals surface area contributed by atoms with Crippen LogP contribution in [-0.2, 0) is 0 Å². The Morgan fingerprint density at radius 3 is 2.52 bits per heavy atom. The molecule has 0 radical (unpaired) electrons. The minimum atomic E-state index is -0.191. The topological polar surface area (TPSA) is 63.7 Å². The number of hydrogen-bond donors (Lipinski definition) is 1. The molecule has 0 atom stereocenters. The first-order valence-corrected chi connectivity index (χ1v) is 10.6. The molecule has 1 saturated heterocycles. The van der Waals surface area contributed by atoms with E-state index in [9.17, 15) is 4.79 Å². The fourth-order valence-corrected chi connectivity index (χ4v) is 4.07. The van der Waals surface area contributed by atoms with Crippen LogP contribution in [0.5, 0.6) is 11.5 Å². The van der Waals surface area contributed by atoms with E-state index in [1.807, 2.05) is 18.2 Å². The van der Waals surface area contributed by atoms with E-state index in [1.54, 1.807) is 25.4 Å². The van der Waals surface area contributed by atoms with Crippen LogP contribution in [0.2, 0.25) is 0 Å². The number of hydrogen-bond acceptors (Lipinski definition) is 5. The van der Waals surface area contributed by atoms with Crippen molar-refractivity contribution in [1.82, 2.24) is 4.98 Å². The molecule has 1 aliphatic heterocycles. The lowest BCUT2D eigenvalue weighted by molar-refractivity contribution is 0.102. The zero-order valence-electron chi connectivity index (χ0n) is 17.0. The number of carbonyl (C=O) groups excluding carboxylic acids is 1. The lowest BCUT2D eigenvalue weighted by Gasteiger charge is -2.27. The second kappa shape index (κ2) is 9.16. The number of anilines is 2. The zero-order chi connectivity index (χ0) is 20.1. The minimum absolute atomic E-state index is 0.191. The molecular weight excluding hydrogens is 366 g/mol. The molecule has 1 aromatic heterocycles. The van der Waals surface area contributed by atoms with Gasteiger partial charge >= 0.3 is 0 Å². The van der Waals surface area contributed by atoms with Crippen LogP contribution in [0.25, 0.3) is 0 Å². The van der Waals surface area contributed by atoms with Crippen LogP contribution >= 0.6 is 0 Å². The Morgan fingerprint density at radius 2 is 1.83 bits per heavy atom. The van der Waals surface area contributed by atoms with Crippen LogP contribution in [-0.4, -0.2) is 37.2 Å². The number of pyridine rings is 1. The summed E-state index contributed by atoms with van der Waals surface area (Å²) in [6.45, 7) is 2.10. The SMILES string of the molecule is COc1cc(C(=O)Nc2ccc(N3CCCCC3)nc2)ccc1OC1CCCC1. The van der Waals surface area contributed by atoms with Crippen molar-refractivity contribution < 1.29 is 14.3 Å². The van der Waals surface area contributed by atoms with Gasteiger partial charge in [-0.2, -0.15) is 0 Å². The van der Waals surface area contributed by atoms with Crippen molar-refractivity contribution in [3.63, 3.8) is 0 Å². The van der Waals surface area contributed by atoms with Crippen molar-refractivity contribution in [2.75, 3.05) is 30.4 Å². The molecule has 6 heteroatoms. The molecular formula is C23H29N3O3. The normalized spacial score (nSPS) is 17.2. The summed E-state index contributed by atoms with van der Waals surface area (Å²) in [6.07, 6.45) is 10.2. The van der Waals surface area contributed by atoms with Gasteiger partial charge in [0.2, 0.25) is 0 Å². The van der Waals surface area contributed by atoms with Crippen molar-refractivity contribution in [2.45, 2.75) is 51.0 Å². The minimum Gasteiger partial charge on any atom is -0.493 e. The number of nitrogens with zero attached hydrogens (tertiary/aromatic N) is 2. The Hall–Kier alpha value is -2.76. The first-order chi connectivity index (χ1) is 14.2. The molecule has 1 saturated carbocycles. The Kier molecular flexibility index (Phi) is 6.17. The smallest absolute Gasteiger partial charge is 0.255 e. The maximum atomic E-state index is 12.7. The zero-order valence-corrected chi connectivity index (χ0v) is 17.0. The van der Waals surface area contributed by atoms with E-state index in [1.165, 1.54) is 32.1 Å². The highest BCUT2D eigenvalue weighted by Gasteiger charge is 2.19. The average Bonchev–Trinajstić information content (AvgIpc) is 3.28. The lowest BCUT2D eigenvalue weighted by Crippen LogP contribution is -2.30. The molecule has 0 spiro atoms. The predicted molar refractivity (Wildman–Crippen MR) is 114 cm³/mol. The van der Waals surface area contributed by atoms with E-state index in [2.05, 4.69) is 15.2 Å². The fraction of sp³-hybridized carbons (Fsp3) is 0.478. The summed E-state index contributed by atoms with van der Waals surface area (Å²) in [5.41, 5.74) is 1.21. The van der Waals surface area contributed by atoms with E-state index in [4.69, 9.17) is 9.47 Å². The number of nitrogens with one attached hydrogen (secondary N) is 1. The van der Waals surface area contributed by atoms with Gasteiger partial charge in [0.05, 0.1) is 25.1 Å². The highest BCUT2D eigenvalue weighted by molar-refractivity contribution is 6.04. The summed E-state index contributed by atoms with van der Waals surface area (Å²) >= 11 is 0. The first kappa shape index (κ1) is 19.6. The average molecular weight is 396 g/mol. The van der Waals surface area contributed by atoms with Crippen LogP contribution < -0.4 is 19.7 Å². The van der Waals surface area contributed by atoms with Crippen LogP contribution in [0.15, 0.2) is 36.5 Å². The number of carbonyl (C=O) groups is 1. The second-order valence-electron chi connectivity index (χ2n) is 7.80. The fourth-order valence-electron chi connectivity index (χ4n) is 4.07. The summed E-state index contributed by atoms with van der Waals surface area (Å²) in [7, 11) is 1.60. The van der Waals surface area contributed by atoms with Gasteiger partial charge in [0.1, 0.15) is 5.82 Å². The monoisotopic (exact) mass is 395 g/mol. The molecule has 1 amide bonds. The van der Waals surface area contributed by atoms with E-state index in [-0.39, 0.29) is 12.0 Å². The first-order valence-electron chi connectivity index (χ1n) is 10.6. The number of ether oxygens (including phenoxy) is 2. The highest BCUT2D eigenvalue weighted by Crippen LogP contribution is 2.32. The molecule has 1 aliphatic carbocycles. The van der Waals surface area contributed by atoms with Gasteiger partial charge < -0.3 is 19.7 Å². The van der Waals surface area contributed by atoms with Crippen molar-refractivity contribution in [2.24, 2.45) is 0 Å². The van der Waals surface area contributed by atoms with Gasteiger partial charge in [-0.3, -0.25) is 4.79 Å². The molecule has 29 heavy (non-hydrogen) atoms. The van der Waals surface area contributed by atoms with Crippen molar-refractivity contribution in [3.05, 3.63) is 42.1 Å². The van der Waals surface area contributed by atoms with Crippen LogP contribution in [0.3, 0.4) is 0 Å². The van der Waals surface area contributed by atoms with Gasteiger partial charge in [-0.15, -0.1) is 0 Å². The van der Waals surface area contributed by atoms with Crippen molar-refractivity contribution >= 4 is 17.4 Å². The van der Waals surface area contributed by atoms with E-state index < -0.39 is 0 Å². The largest absolute Gasteiger partial charge is 0.493 e. The van der Waals surface area contributed by atoms with Gasteiger partial charge in [-0.1, -0.05) is 0 Å². The van der Waals surface area contributed by atoms with Gasteiger partial charge in [-0.25, -0.2) is 4.98 Å². The summed E-state index contributed by atoms with van der Waals surface area (Å²) < 4.78 is 11.5. The standard InChI is InChI=1S/C23H29N3O3/c1-28-21-15-17(9-11-20(21)29-19-7-3-4-8-19)23(27)25-18-10-12-22(24-16-18)26-13-5-2-6-14-26/h9-12,15-16,19H,2-8,13-14H2,1H3,(H,25,27). The molecule has 0 unspecified atom stereocenters. The van der Waals surface area contributed by atoms with Gasteiger partial charge in [0, 0.05) is 18.7 Å². The molecule has 6 nitrogen and oxygen atoms in total. The molecule has 0 bridgehead atoms. The molecule has 2 aliphatic rings. The third kappa shape index (κ3) is 4.81. The summed E-state index contributed by atoms with van der Waals surface area (Å²) in [4.78, 5) is 19.5. The molecule has 154 valence electrons. The highest BCUT2D eigenvalue weighted by atomic mass is 16.5.